The maximum atomic E-state index is 13.0. The zero-order valence-corrected chi connectivity index (χ0v) is 11.2. The van der Waals surface area contributed by atoms with Crippen LogP contribution in [-0.4, -0.2) is 18.6 Å². The summed E-state index contributed by atoms with van der Waals surface area (Å²) in [7, 11) is 1.60. The highest BCUT2D eigenvalue weighted by atomic mass is 32.2. The fourth-order valence-electron chi connectivity index (χ4n) is 1.59. The third kappa shape index (κ3) is 3.83. The zero-order chi connectivity index (χ0) is 13.7. The van der Waals surface area contributed by atoms with Crippen LogP contribution >= 0.6 is 11.8 Å². The van der Waals surface area contributed by atoms with Crippen molar-refractivity contribution in [3.63, 3.8) is 0 Å². The van der Waals surface area contributed by atoms with Gasteiger partial charge in [0.2, 0.25) is 0 Å². The minimum Gasteiger partial charge on any atom is -0.497 e. The fourth-order valence-corrected chi connectivity index (χ4v) is 2.42. The van der Waals surface area contributed by atoms with Gasteiger partial charge in [-0.15, -0.1) is 11.8 Å². The van der Waals surface area contributed by atoms with E-state index in [1.165, 1.54) is 23.9 Å². The smallest absolute Gasteiger partial charge is 0.173 e. The second-order valence-electron chi connectivity index (χ2n) is 3.90. The second-order valence-corrected chi connectivity index (χ2v) is 4.95. The van der Waals surface area contributed by atoms with E-state index >= 15 is 0 Å². The number of carbonyl (C=O) groups is 1. The first kappa shape index (κ1) is 13.6. The van der Waals surface area contributed by atoms with E-state index in [4.69, 9.17) is 4.74 Å². The molecule has 0 heterocycles. The van der Waals surface area contributed by atoms with E-state index in [0.29, 0.717) is 5.56 Å². The van der Waals surface area contributed by atoms with Crippen LogP contribution in [0, 0.1) is 5.82 Å². The summed E-state index contributed by atoms with van der Waals surface area (Å²) in [6, 6.07) is 13.2. The average molecular weight is 276 g/mol. The number of ether oxygens (including phenoxy) is 1. The number of Topliss-reactive ketones (excluding diaryl/α,β-unsaturated/α-hetero) is 1. The summed E-state index contributed by atoms with van der Waals surface area (Å²) in [4.78, 5) is 12.9. The lowest BCUT2D eigenvalue weighted by atomic mass is 10.1. The molecule has 0 N–H and O–H groups in total. The van der Waals surface area contributed by atoms with Crippen LogP contribution < -0.4 is 4.74 Å². The molecule has 2 aromatic carbocycles. The van der Waals surface area contributed by atoms with Crippen LogP contribution in [0.1, 0.15) is 10.4 Å². The molecule has 0 amide bonds. The van der Waals surface area contributed by atoms with Crippen molar-refractivity contribution in [3.8, 4) is 5.75 Å². The van der Waals surface area contributed by atoms with Crippen molar-refractivity contribution >= 4 is 17.5 Å². The Bertz CT molecular complexity index is 584. The van der Waals surface area contributed by atoms with Gasteiger partial charge < -0.3 is 4.74 Å². The predicted octanol–water partition coefficient (Wildman–Crippen LogP) is 3.81. The van der Waals surface area contributed by atoms with Gasteiger partial charge in [-0.25, -0.2) is 4.39 Å². The van der Waals surface area contributed by atoms with Crippen molar-refractivity contribution in [2.75, 3.05) is 12.9 Å². The number of benzene rings is 2. The Morgan fingerprint density at radius 3 is 2.74 bits per heavy atom. The quantitative estimate of drug-likeness (QED) is 0.613. The molecule has 2 aromatic rings. The van der Waals surface area contributed by atoms with Crippen LogP contribution in [0.3, 0.4) is 0 Å². The molecule has 0 aromatic heterocycles. The minimum absolute atomic E-state index is 0.0904. The molecular weight excluding hydrogens is 263 g/mol. The molecule has 0 aliphatic heterocycles. The Hall–Kier alpha value is -1.81. The number of hydrogen-bond acceptors (Lipinski definition) is 3. The topological polar surface area (TPSA) is 26.3 Å². The zero-order valence-electron chi connectivity index (χ0n) is 10.4. The summed E-state index contributed by atoms with van der Waals surface area (Å²) in [6.07, 6.45) is 0. The van der Waals surface area contributed by atoms with Gasteiger partial charge in [-0.2, -0.15) is 0 Å². The standard InChI is InChI=1S/C15H13FO2S/c1-18-13-6-3-7-14(9-13)19-10-15(17)11-4-2-5-12(16)8-11/h2-9H,10H2,1H3. The Morgan fingerprint density at radius 1 is 1.21 bits per heavy atom. The number of rotatable bonds is 5. The van der Waals surface area contributed by atoms with Gasteiger partial charge >= 0.3 is 0 Å². The third-order valence-electron chi connectivity index (χ3n) is 2.56. The normalized spacial score (nSPS) is 10.2. The molecule has 4 heteroatoms. The van der Waals surface area contributed by atoms with Gasteiger partial charge in [0.1, 0.15) is 11.6 Å². The van der Waals surface area contributed by atoms with Crippen LogP contribution in [-0.2, 0) is 0 Å². The van der Waals surface area contributed by atoms with Crippen LogP contribution in [0.25, 0.3) is 0 Å². The molecule has 2 nitrogen and oxygen atoms in total. The van der Waals surface area contributed by atoms with E-state index in [1.54, 1.807) is 19.2 Å². The van der Waals surface area contributed by atoms with Gasteiger partial charge in [0.25, 0.3) is 0 Å². The fraction of sp³-hybridized carbons (Fsp3) is 0.133. The van der Waals surface area contributed by atoms with Gasteiger partial charge in [-0.05, 0) is 30.3 Å². The Kier molecular flexibility index (Phi) is 4.58. The van der Waals surface area contributed by atoms with Crippen molar-refractivity contribution < 1.29 is 13.9 Å². The van der Waals surface area contributed by atoms with E-state index in [1.807, 2.05) is 24.3 Å². The monoisotopic (exact) mass is 276 g/mol. The molecule has 0 bridgehead atoms. The largest absolute Gasteiger partial charge is 0.497 e. The Labute approximate surface area is 115 Å². The third-order valence-corrected chi connectivity index (χ3v) is 3.55. The molecule has 0 atom stereocenters. The number of methoxy groups -OCH3 is 1. The average Bonchev–Trinajstić information content (AvgIpc) is 2.45. The first-order valence-corrected chi connectivity index (χ1v) is 6.73. The van der Waals surface area contributed by atoms with E-state index in [9.17, 15) is 9.18 Å². The van der Waals surface area contributed by atoms with Crippen LogP contribution in [0.2, 0.25) is 0 Å². The highest BCUT2D eigenvalue weighted by Gasteiger charge is 2.07. The van der Waals surface area contributed by atoms with Crippen molar-refractivity contribution in [1.29, 1.82) is 0 Å². The highest BCUT2D eigenvalue weighted by molar-refractivity contribution is 8.00. The van der Waals surface area contributed by atoms with Crippen LogP contribution in [0.5, 0.6) is 5.75 Å². The summed E-state index contributed by atoms with van der Waals surface area (Å²) >= 11 is 1.41. The Balaban J connectivity index is 2.00. The van der Waals surface area contributed by atoms with Crippen LogP contribution in [0.4, 0.5) is 4.39 Å². The second kappa shape index (κ2) is 6.38. The van der Waals surface area contributed by atoms with E-state index in [0.717, 1.165) is 10.6 Å². The molecule has 98 valence electrons. The Morgan fingerprint density at radius 2 is 2.00 bits per heavy atom. The molecule has 0 aliphatic rings. The number of thioether (sulfide) groups is 1. The summed E-state index contributed by atoms with van der Waals surface area (Å²) < 4.78 is 18.1. The number of ketones is 1. The van der Waals surface area contributed by atoms with Gasteiger partial charge in [0.15, 0.2) is 5.78 Å². The predicted molar refractivity (Wildman–Crippen MR) is 74.4 cm³/mol. The summed E-state index contributed by atoms with van der Waals surface area (Å²) in [5.74, 6) is 0.545. The molecule has 0 radical (unpaired) electrons. The van der Waals surface area contributed by atoms with E-state index < -0.39 is 5.82 Å². The molecule has 19 heavy (non-hydrogen) atoms. The number of hydrogen-bond donors (Lipinski definition) is 0. The lowest BCUT2D eigenvalue weighted by Gasteiger charge is -2.04. The van der Waals surface area contributed by atoms with Crippen molar-refractivity contribution in [1.82, 2.24) is 0 Å². The van der Waals surface area contributed by atoms with Gasteiger partial charge in [0.05, 0.1) is 12.9 Å². The SMILES string of the molecule is COc1cccc(SCC(=O)c2cccc(F)c2)c1. The molecule has 0 saturated heterocycles. The van der Waals surface area contributed by atoms with Gasteiger partial charge in [-0.3, -0.25) is 4.79 Å². The van der Waals surface area contributed by atoms with Crippen molar-refractivity contribution in [2.24, 2.45) is 0 Å². The summed E-state index contributed by atoms with van der Waals surface area (Å²) in [6.45, 7) is 0. The van der Waals surface area contributed by atoms with E-state index in [-0.39, 0.29) is 11.5 Å². The van der Waals surface area contributed by atoms with Gasteiger partial charge in [0, 0.05) is 10.5 Å². The molecular formula is C15H13FO2S. The van der Waals surface area contributed by atoms with Crippen LogP contribution in [0.15, 0.2) is 53.4 Å². The summed E-state index contributed by atoms with van der Waals surface area (Å²) in [5, 5.41) is 0. The molecule has 0 unspecified atom stereocenters. The first-order valence-electron chi connectivity index (χ1n) is 5.74. The summed E-state index contributed by atoms with van der Waals surface area (Å²) in [5.41, 5.74) is 0.399. The maximum Gasteiger partial charge on any atom is 0.173 e. The van der Waals surface area contributed by atoms with Gasteiger partial charge in [-0.1, -0.05) is 18.2 Å². The molecule has 0 aliphatic carbocycles. The minimum atomic E-state index is -0.391. The van der Waals surface area contributed by atoms with Crippen molar-refractivity contribution in [2.45, 2.75) is 4.90 Å². The molecule has 0 spiro atoms. The van der Waals surface area contributed by atoms with E-state index in [2.05, 4.69) is 0 Å². The van der Waals surface area contributed by atoms with Crippen molar-refractivity contribution in [3.05, 3.63) is 59.9 Å². The first-order chi connectivity index (χ1) is 9.19. The lowest BCUT2D eigenvalue weighted by Crippen LogP contribution is -2.02. The molecule has 0 saturated carbocycles. The molecule has 2 rings (SSSR count). The lowest BCUT2D eigenvalue weighted by molar-refractivity contribution is 0.102. The maximum absolute atomic E-state index is 13.0. The highest BCUT2D eigenvalue weighted by Crippen LogP contribution is 2.23. The number of halogens is 1. The number of carbonyl (C=O) groups excluding carboxylic acids is 1. The molecule has 0 fully saturated rings.